The molecule has 0 unspecified atom stereocenters. The van der Waals surface area contributed by atoms with Crippen LogP contribution in [0.2, 0.25) is 0 Å². The number of benzene rings is 1. The van der Waals surface area contributed by atoms with Gasteiger partial charge in [0.15, 0.2) is 0 Å². The van der Waals surface area contributed by atoms with Gasteiger partial charge in [0.2, 0.25) is 0 Å². The van der Waals surface area contributed by atoms with Crippen molar-refractivity contribution in [2.75, 3.05) is 0 Å². The van der Waals surface area contributed by atoms with Crippen molar-refractivity contribution < 1.29 is 14.6 Å². The Kier molecular flexibility index (Phi) is 7.60. The Balaban J connectivity index is 0.00000274. The largest absolute Gasteiger partial charge is 0.489 e. The van der Waals surface area contributed by atoms with E-state index in [1.165, 1.54) is 33.6 Å². The molecule has 5 rings (SSSR count). The molecule has 2 aliphatic rings. The number of allylic oxidation sites excluding steroid dienone is 2. The highest BCUT2D eigenvalue weighted by Gasteiger charge is 2.34. The lowest BCUT2D eigenvalue weighted by molar-refractivity contribution is -0.137. The van der Waals surface area contributed by atoms with Crippen LogP contribution >= 0.6 is 36.2 Å². The number of rotatable bonds is 9. The molecule has 6 heteroatoms. The molecular formula is C28H32O3S3. The van der Waals surface area contributed by atoms with Gasteiger partial charge in [0.05, 0.1) is 6.42 Å². The third-order valence-electron chi connectivity index (χ3n) is 7.03. The van der Waals surface area contributed by atoms with Gasteiger partial charge in [0.1, 0.15) is 12.4 Å². The van der Waals surface area contributed by atoms with Gasteiger partial charge < -0.3 is 9.84 Å². The fraction of sp³-hybridized carbons (Fsp3) is 0.393. The van der Waals surface area contributed by atoms with Crippen LogP contribution in [0, 0.1) is 11.3 Å². The maximum Gasteiger partial charge on any atom is 0.303 e. The molecule has 0 amide bonds. The number of carbonyl (C=O) groups is 1. The van der Waals surface area contributed by atoms with Gasteiger partial charge in [0.25, 0.3) is 0 Å². The lowest BCUT2D eigenvalue weighted by atomic mass is 9.80. The van der Waals surface area contributed by atoms with E-state index in [0.717, 1.165) is 30.6 Å². The van der Waals surface area contributed by atoms with Crippen molar-refractivity contribution in [2.24, 2.45) is 11.3 Å². The maximum absolute atomic E-state index is 11.4. The first kappa shape index (κ1) is 25.1. The van der Waals surface area contributed by atoms with Gasteiger partial charge in [-0.15, -0.1) is 11.3 Å². The van der Waals surface area contributed by atoms with Crippen molar-refractivity contribution >= 4 is 47.7 Å². The van der Waals surface area contributed by atoms with Crippen LogP contribution in [-0.2, 0) is 11.4 Å². The summed E-state index contributed by atoms with van der Waals surface area (Å²) >= 11 is 3.54. The predicted molar refractivity (Wildman–Crippen MR) is 147 cm³/mol. The van der Waals surface area contributed by atoms with Gasteiger partial charge in [-0.3, -0.25) is 4.79 Å². The van der Waals surface area contributed by atoms with Crippen LogP contribution in [0.5, 0.6) is 5.75 Å². The van der Waals surface area contributed by atoms with Crippen molar-refractivity contribution in [3.05, 3.63) is 69.2 Å². The summed E-state index contributed by atoms with van der Waals surface area (Å²) in [5, 5.41) is 16.0. The summed E-state index contributed by atoms with van der Waals surface area (Å²) in [6.45, 7) is 5.20. The first-order valence-electron chi connectivity index (χ1n) is 11.7. The van der Waals surface area contributed by atoms with Crippen molar-refractivity contribution in [1.82, 2.24) is 0 Å². The average molecular weight is 513 g/mol. The zero-order valence-electron chi connectivity index (χ0n) is 19.7. The molecule has 0 aliphatic heterocycles. The Hall–Kier alpha value is -2.02. The number of thiophene rings is 2. The number of aliphatic carboxylic acids is 1. The second-order valence-electron chi connectivity index (χ2n) is 9.92. The van der Waals surface area contributed by atoms with Gasteiger partial charge in [-0.05, 0) is 88.4 Å². The second-order valence-corrected chi connectivity index (χ2v) is 11.6. The molecular weight excluding hydrogens is 481 g/mol. The first-order chi connectivity index (χ1) is 15.9. The fourth-order valence-electron chi connectivity index (χ4n) is 5.07. The Morgan fingerprint density at radius 1 is 1.24 bits per heavy atom. The zero-order chi connectivity index (χ0) is 23.0. The summed E-state index contributed by atoms with van der Waals surface area (Å²) in [7, 11) is 0. The fourth-order valence-corrected chi connectivity index (χ4v) is 6.86. The Morgan fingerprint density at radius 2 is 2.06 bits per heavy atom. The van der Waals surface area contributed by atoms with Crippen molar-refractivity contribution in [2.45, 2.75) is 58.5 Å². The van der Waals surface area contributed by atoms with Gasteiger partial charge in [0, 0.05) is 21.6 Å². The van der Waals surface area contributed by atoms with Crippen LogP contribution in [0.15, 0.2) is 52.5 Å². The topological polar surface area (TPSA) is 46.5 Å². The molecule has 0 spiro atoms. The Morgan fingerprint density at radius 3 is 2.71 bits per heavy atom. The van der Waals surface area contributed by atoms with E-state index in [-0.39, 0.29) is 31.2 Å². The molecule has 180 valence electrons. The molecule has 2 aromatic heterocycles. The minimum Gasteiger partial charge on any atom is -0.489 e. The highest BCUT2D eigenvalue weighted by molar-refractivity contribution is 7.59. The number of carboxylic acids is 1. The second kappa shape index (κ2) is 10.3. The molecule has 1 fully saturated rings. The highest BCUT2D eigenvalue weighted by atomic mass is 32.1. The third-order valence-corrected chi connectivity index (χ3v) is 8.79. The molecule has 3 aromatic rings. The Bertz CT molecular complexity index is 1170. The van der Waals surface area contributed by atoms with E-state index in [2.05, 4.69) is 54.3 Å². The van der Waals surface area contributed by atoms with E-state index in [1.807, 2.05) is 12.1 Å². The van der Waals surface area contributed by atoms with E-state index >= 15 is 0 Å². The van der Waals surface area contributed by atoms with Gasteiger partial charge in [-0.1, -0.05) is 32.1 Å². The number of hydrogen-bond acceptors (Lipinski definition) is 4. The van der Waals surface area contributed by atoms with Crippen molar-refractivity contribution in [3.63, 3.8) is 0 Å². The normalized spacial score (nSPS) is 17.6. The van der Waals surface area contributed by atoms with Gasteiger partial charge in [-0.2, -0.15) is 24.8 Å². The number of hydrogen-bond donors (Lipinski definition) is 1. The van der Waals surface area contributed by atoms with Crippen LogP contribution in [0.1, 0.15) is 68.6 Å². The first-order valence-corrected chi connectivity index (χ1v) is 13.5. The van der Waals surface area contributed by atoms with Gasteiger partial charge in [-0.25, -0.2) is 0 Å². The summed E-state index contributed by atoms with van der Waals surface area (Å²) in [5.41, 5.74) is 6.55. The molecule has 0 saturated heterocycles. The number of carboxylic acid groups (broad SMARTS) is 1. The third kappa shape index (κ3) is 5.29. The monoisotopic (exact) mass is 512 g/mol. The molecule has 3 nitrogen and oxygen atoms in total. The standard InChI is InChI=1S/C28H30O3S2.H2S/c1-28(2)11-4-7-24(28)26-21(17-33-27(26)20-10-12-32-16-20)15-31-22-6-3-5-19(13-22)23(14-25(29)30)18-8-9-18;/h3,5-7,10,12-13,16-18,23H,4,8-9,11,14-15H2,1-2H3,(H,29,30);1H2/t23-;/m0./s1. The smallest absolute Gasteiger partial charge is 0.303 e. The van der Waals surface area contributed by atoms with E-state index in [4.69, 9.17) is 4.74 Å². The zero-order valence-corrected chi connectivity index (χ0v) is 22.3. The highest BCUT2D eigenvalue weighted by Crippen LogP contribution is 2.50. The van der Waals surface area contributed by atoms with Gasteiger partial charge >= 0.3 is 5.97 Å². The van der Waals surface area contributed by atoms with Crippen LogP contribution in [0.4, 0.5) is 0 Å². The molecule has 34 heavy (non-hydrogen) atoms. The molecule has 1 N–H and O–H groups in total. The quantitative estimate of drug-likeness (QED) is 0.313. The molecule has 1 aromatic carbocycles. The minimum absolute atomic E-state index is 0. The van der Waals surface area contributed by atoms with Crippen LogP contribution < -0.4 is 4.74 Å². The SMILES string of the molecule is CC1(C)CCC=C1c1c(COc2cccc([C@@H](CC(=O)O)C3CC3)c2)csc1-c1ccsc1.S. The summed E-state index contributed by atoms with van der Waals surface area (Å²) < 4.78 is 6.32. The summed E-state index contributed by atoms with van der Waals surface area (Å²) in [4.78, 5) is 12.7. The summed E-state index contributed by atoms with van der Waals surface area (Å²) in [5.74, 6) is 0.661. The molecule has 2 aliphatic carbocycles. The van der Waals surface area contributed by atoms with E-state index < -0.39 is 5.97 Å². The summed E-state index contributed by atoms with van der Waals surface area (Å²) in [6, 6.07) is 10.3. The van der Waals surface area contributed by atoms with Crippen molar-refractivity contribution in [1.29, 1.82) is 0 Å². The minimum atomic E-state index is -0.727. The molecule has 0 bridgehead atoms. The molecule has 1 saturated carbocycles. The molecule has 2 heterocycles. The number of ether oxygens (including phenoxy) is 1. The summed E-state index contributed by atoms with van der Waals surface area (Å²) in [6.07, 6.45) is 7.14. The maximum atomic E-state index is 11.4. The van der Waals surface area contributed by atoms with Crippen LogP contribution in [0.25, 0.3) is 16.0 Å². The molecule has 1 atom stereocenters. The van der Waals surface area contributed by atoms with E-state index in [9.17, 15) is 9.90 Å². The van der Waals surface area contributed by atoms with Crippen molar-refractivity contribution in [3.8, 4) is 16.2 Å². The lowest BCUT2D eigenvalue weighted by Crippen LogP contribution is -2.11. The van der Waals surface area contributed by atoms with Crippen LogP contribution in [0.3, 0.4) is 0 Å². The Labute approximate surface area is 216 Å². The van der Waals surface area contributed by atoms with E-state index in [0.29, 0.717) is 12.5 Å². The predicted octanol–water partition coefficient (Wildman–Crippen LogP) is 8.34. The van der Waals surface area contributed by atoms with E-state index in [1.54, 1.807) is 22.7 Å². The lowest BCUT2D eigenvalue weighted by Gasteiger charge is -2.24. The average Bonchev–Trinajstić information content (AvgIpc) is 3.16. The molecule has 0 radical (unpaired) electrons. The van der Waals surface area contributed by atoms with Crippen LogP contribution in [-0.4, -0.2) is 11.1 Å².